The van der Waals surface area contributed by atoms with Crippen molar-refractivity contribution >= 4 is 35.0 Å². The lowest BCUT2D eigenvalue weighted by Gasteiger charge is -2.20. The summed E-state index contributed by atoms with van der Waals surface area (Å²) < 4.78 is 1.61. The van der Waals surface area contributed by atoms with Gasteiger partial charge in [-0.25, -0.2) is 4.68 Å². The van der Waals surface area contributed by atoms with Gasteiger partial charge in [-0.15, -0.1) is 0 Å². The molecule has 0 aromatic carbocycles. The lowest BCUT2D eigenvalue weighted by atomic mass is 10.3. The number of hydrogen-bond acceptors (Lipinski definition) is 4. The molecule has 1 atom stereocenters. The second-order valence-corrected chi connectivity index (χ2v) is 6.07. The van der Waals surface area contributed by atoms with Crippen LogP contribution in [0.2, 0.25) is 5.15 Å². The van der Waals surface area contributed by atoms with Crippen LogP contribution < -0.4 is 4.90 Å². The van der Waals surface area contributed by atoms with E-state index in [-0.39, 0.29) is 16.3 Å². The summed E-state index contributed by atoms with van der Waals surface area (Å²) in [4.78, 5) is 18.1. The highest BCUT2D eigenvalue weighted by molar-refractivity contribution is 7.99. The quantitative estimate of drug-likeness (QED) is 0.838. The number of pyridine rings is 1. The van der Waals surface area contributed by atoms with E-state index in [1.807, 2.05) is 32.2 Å². The van der Waals surface area contributed by atoms with Gasteiger partial charge in [-0.2, -0.15) is 16.9 Å². The first-order valence-corrected chi connectivity index (χ1v) is 8.39. The molecule has 1 unspecified atom stereocenters. The molecule has 0 aliphatic heterocycles. The van der Waals surface area contributed by atoms with Gasteiger partial charge in [0, 0.05) is 12.4 Å². The number of hydrogen-bond donors (Lipinski definition) is 0. The fourth-order valence-electron chi connectivity index (χ4n) is 1.85. The molecule has 0 radical (unpaired) electrons. The van der Waals surface area contributed by atoms with E-state index in [4.69, 9.17) is 11.6 Å². The van der Waals surface area contributed by atoms with Crippen LogP contribution in [-0.2, 0) is 4.79 Å². The number of nitrogens with zero attached hydrogens (tertiary/aromatic N) is 4. The molecule has 5 nitrogen and oxygen atoms in total. The number of rotatable bonds is 5. The van der Waals surface area contributed by atoms with Crippen molar-refractivity contribution in [2.24, 2.45) is 0 Å². The van der Waals surface area contributed by atoms with E-state index < -0.39 is 0 Å². The van der Waals surface area contributed by atoms with E-state index in [0.717, 1.165) is 5.69 Å². The molecule has 2 aromatic heterocycles. The zero-order chi connectivity index (χ0) is 16.1. The summed E-state index contributed by atoms with van der Waals surface area (Å²) in [6, 6.07) is 3.68. The lowest BCUT2D eigenvalue weighted by Crippen LogP contribution is -2.32. The van der Waals surface area contributed by atoms with Crippen LogP contribution in [0.15, 0.2) is 43.0 Å². The Balaban J connectivity index is 2.41. The molecular formula is C15H17ClN4OS. The zero-order valence-electron chi connectivity index (χ0n) is 12.6. The third-order valence-electron chi connectivity index (χ3n) is 3.06. The van der Waals surface area contributed by atoms with Crippen molar-refractivity contribution in [3.05, 3.63) is 48.2 Å². The van der Waals surface area contributed by atoms with E-state index in [9.17, 15) is 4.79 Å². The second-order valence-electron chi connectivity index (χ2n) is 4.53. The zero-order valence-corrected chi connectivity index (χ0v) is 14.2. The van der Waals surface area contributed by atoms with Crippen molar-refractivity contribution in [3.63, 3.8) is 0 Å². The average Bonchev–Trinajstić information content (AvgIpc) is 2.93. The van der Waals surface area contributed by atoms with Crippen LogP contribution >= 0.6 is 23.4 Å². The van der Waals surface area contributed by atoms with Crippen molar-refractivity contribution in [2.75, 3.05) is 11.2 Å². The number of carbonyl (C=O) groups is 1. The van der Waals surface area contributed by atoms with Crippen LogP contribution in [0.3, 0.4) is 0 Å². The third-order valence-corrected chi connectivity index (χ3v) is 4.24. The first-order chi connectivity index (χ1) is 10.6. The lowest BCUT2D eigenvalue weighted by molar-refractivity contribution is -0.117. The van der Waals surface area contributed by atoms with Gasteiger partial charge in [0.2, 0.25) is 5.91 Å². The Morgan fingerprint density at radius 3 is 2.91 bits per heavy atom. The van der Waals surface area contributed by atoms with Crippen LogP contribution in [-0.4, -0.2) is 32.2 Å². The number of allylic oxidation sites excluding steroid dienone is 1. The Morgan fingerprint density at radius 1 is 1.55 bits per heavy atom. The maximum Gasteiger partial charge on any atom is 0.244 e. The molecule has 2 heterocycles. The van der Waals surface area contributed by atoms with Crippen LogP contribution in [0.25, 0.3) is 5.69 Å². The van der Waals surface area contributed by atoms with E-state index in [2.05, 4.69) is 10.1 Å². The molecular weight excluding hydrogens is 320 g/mol. The smallest absolute Gasteiger partial charge is 0.244 e. The standard InChI is InChI=1S/C15H17ClN4OS/c1-4-8-19(15(21)11(2)22-3)13-10-20(18-14(13)16)12-6-5-7-17-9-12/h4-11H,1-3H3/b8-4+. The Morgan fingerprint density at radius 2 is 2.32 bits per heavy atom. The fraction of sp³-hybridized carbons (Fsp3) is 0.267. The highest BCUT2D eigenvalue weighted by atomic mass is 35.5. The van der Waals surface area contributed by atoms with Gasteiger partial charge in [0.1, 0.15) is 5.69 Å². The van der Waals surface area contributed by atoms with Crippen LogP contribution in [0.5, 0.6) is 0 Å². The van der Waals surface area contributed by atoms with Gasteiger partial charge >= 0.3 is 0 Å². The molecule has 0 spiro atoms. The van der Waals surface area contributed by atoms with Crippen molar-refractivity contribution in [2.45, 2.75) is 19.1 Å². The summed E-state index contributed by atoms with van der Waals surface area (Å²) in [5, 5.41) is 4.35. The van der Waals surface area contributed by atoms with Crippen LogP contribution in [0.4, 0.5) is 5.69 Å². The fourth-order valence-corrected chi connectivity index (χ4v) is 2.38. The third kappa shape index (κ3) is 3.51. The first-order valence-electron chi connectivity index (χ1n) is 6.72. The SMILES string of the molecule is C/C=C/N(C(=O)C(C)SC)c1cn(-c2cccnc2)nc1Cl. The molecule has 0 saturated carbocycles. The number of carbonyl (C=O) groups excluding carboxylic acids is 1. The molecule has 116 valence electrons. The van der Waals surface area contributed by atoms with Crippen molar-refractivity contribution in [1.29, 1.82) is 0 Å². The predicted molar refractivity (Wildman–Crippen MR) is 91.6 cm³/mol. The number of halogens is 1. The largest absolute Gasteiger partial charge is 0.283 e. The molecule has 22 heavy (non-hydrogen) atoms. The van der Waals surface area contributed by atoms with Crippen LogP contribution in [0.1, 0.15) is 13.8 Å². The molecule has 0 aliphatic rings. The highest BCUT2D eigenvalue weighted by Crippen LogP contribution is 2.28. The minimum Gasteiger partial charge on any atom is -0.283 e. The minimum absolute atomic E-state index is 0.0433. The minimum atomic E-state index is -0.172. The summed E-state index contributed by atoms with van der Waals surface area (Å²) in [5.74, 6) is -0.0433. The summed E-state index contributed by atoms with van der Waals surface area (Å²) in [7, 11) is 0. The van der Waals surface area contributed by atoms with E-state index >= 15 is 0 Å². The summed E-state index contributed by atoms with van der Waals surface area (Å²) >= 11 is 7.72. The van der Waals surface area contributed by atoms with Gasteiger partial charge in [-0.05, 0) is 32.2 Å². The molecule has 0 aliphatic carbocycles. The average molecular weight is 337 g/mol. The van der Waals surface area contributed by atoms with Gasteiger partial charge in [0.15, 0.2) is 5.15 Å². The number of anilines is 1. The molecule has 2 aromatic rings. The monoisotopic (exact) mass is 336 g/mol. The Hall–Kier alpha value is -1.79. The Kier molecular flexibility index (Phi) is 5.63. The van der Waals surface area contributed by atoms with Crippen LogP contribution in [0, 0.1) is 0 Å². The molecule has 7 heteroatoms. The van der Waals surface area contributed by atoms with Crippen molar-refractivity contribution in [3.8, 4) is 5.69 Å². The summed E-state index contributed by atoms with van der Waals surface area (Å²) in [6.07, 6.45) is 10.5. The number of thioether (sulfide) groups is 1. The topological polar surface area (TPSA) is 51.0 Å². The van der Waals surface area contributed by atoms with Gasteiger partial charge < -0.3 is 0 Å². The first kappa shape index (κ1) is 16.6. The van der Waals surface area contributed by atoms with Crippen molar-refractivity contribution < 1.29 is 4.79 Å². The maximum absolute atomic E-state index is 12.5. The molecule has 0 bridgehead atoms. The predicted octanol–water partition coefficient (Wildman–Crippen LogP) is 3.54. The summed E-state index contributed by atoms with van der Waals surface area (Å²) in [5.41, 5.74) is 1.33. The van der Waals surface area contributed by atoms with E-state index in [1.54, 1.807) is 35.5 Å². The molecule has 0 N–H and O–H groups in total. The van der Waals surface area contributed by atoms with E-state index in [1.165, 1.54) is 16.7 Å². The normalized spacial score (nSPS) is 12.5. The molecule has 1 amide bonds. The van der Waals surface area contributed by atoms with Gasteiger partial charge in [0.05, 0.1) is 23.3 Å². The van der Waals surface area contributed by atoms with Gasteiger partial charge in [-0.1, -0.05) is 17.7 Å². The Bertz CT molecular complexity index is 671. The summed E-state index contributed by atoms with van der Waals surface area (Å²) in [6.45, 7) is 3.71. The maximum atomic E-state index is 12.5. The van der Waals surface area contributed by atoms with Crippen molar-refractivity contribution in [1.82, 2.24) is 14.8 Å². The highest BCUT2D eigenvalue weighted by Gasteiger charge is 2.23. The molecule has 2 rings (SSSR count). The molecule has 0 fully saturated rings. The number of amides is 1. The Labute approximate surface area is 139 Å². The van der Waals surface area contributed by atoms with Gasteiger partial charge in [-0.3, -0.25) is 14.7 Å². The number of aromatic nitrogens is 3. The second kappa shape index (κ2) is 7.47. The molecule has 0 saturated heterocycles. The van der Waals surface area contributed by atoms with Gasteiger partial charge in [0.25, 0.3) is 0 Å². The van der Waals surface area contributed by atoms with E-state index in [0.29, 0.717) is 5.69 Å².